The lowest BCUT2D eigenvalue weighted by Gasteiger charge is -2.23. The number of hydrogen-bond acceptors (Lipinski definition) is 6. The van der Waals surface area contributed by atoms with Crippen LogP contribution in [0.2, 0.25) is 0 Å². The van der Waals surface area contributed by atoms with Crippen molar-refractivity contribution < 1.29 is 29.1 Å². The summed E-state index contributed by atoms with van der Waals surface area (Å²) in [6.45, 7) is 0. The van der Waals surface area contributed by atoms with E-state index >= 15 is 0 Å². The second kappa shape index (κ2) is 8.98. The lowest BCUT2D eigenvalue weighted by molar-refractivity contribution is -0.145. The molecule has 4 rings (SSSR count). The van der Waals surface area contributed by atoms with Crippen LogP contribution in [-0.2, 0) is 20.7 Å². The van der Waals surface area contributed by atoms with Gasteiger partial charge in [-0.15, -0.1) is 0 Å². The van der Waals surface area contributed by atoms with Crippen LogP contribution in [0, 0.1) is 11.8 Å². The van der Waals surface area contributed by atoms with Gasteiger partial charge in [0.1, 0.15) is 6.04 Å². The highest BCUT2D eigenvalue weighted by Crippen LogP contribution is 2.28. The predicted molar refractivity (Wildman–Crippen MR) is 116 cm³/mol. The third-order valence-electron chi connectivity index (χ3n) is 5.40. The van der Waals surface area contributed by atoms with E-state index in [0.717, 1.165) is 15.8 Å². The number of imide groups is 1. The van der Waals surface area contributed by atoms with Crippen LogP contribution < -0.4 is 5.48 Å². The Morgan fingerprint density at radius 1 is 1.15 bits per heavy atom. The first-order valence-electron chi connectivity index (χ1n) is 10.0. The molecule has 0 spiro atoms. The molecule has 0 radical (unpaired) electrons. The summed E-state index contributed by atoms with van der Waals surface area (Å²) in [6.07, 6.45) is 1.58. The van der Waals surface area contributed by atoms with Gasteiger partial charge in [-0.2, -0.15) is 0 Å². The second-order valence-electron chi connectivity index (χ2n) is 7.36. The molecule has 0 bridgehead atoms. The summed E-state index contributed by atoms with van der Waals surface area (Å²) in [5.41, 5.74) is 4.09. The molecule has 33 heavy (non-hydrogen) atoms. The molecule has 0 saturated carbocycles. The van der Waals surface area contributed by atoms with Gasteiger partial charge in [-0.05, 0) is 35.9 Å². The maximum atomic E-state index is 12.9. The van der Waals surface area contributed by atoms with Crippen molar-refractivity contribution in [2.45, 2.75) is 18.9 Å². The average Bonchev–Trinajstić information content (AvgIpc) is 3.35. The van der Waals surface area contributed by atoms with Gasteiger partial charge in [-0.25, -0.2) is 10.3 Å². The van der Waals surface area contributed by atoms with Gasteiger partial charge in [0.05, 0.1) is 24.7 Å². The van der Waals surface area contributed by atoms with E-state index in [1.807, 2.05) is 0 Å². The Labute approximate surface area is 188 Å². The molecule has 1 aliphatic rings. The zero-order valence-electron chi connectivity index (χ0n) is 17.5. The molecular formula is C24H19N3O6. The third kappa shape index (κ3) is 4.07. The quantitative estimate of drug-likeness (QED) is 0.181. The Kier molecular flexibility index (Phi) is 5.93. The lowest BCUT2D eigenvalue weighted by atomic mass is 10.0. The molecule has 1 atom stereocenters. The van der Waals surface area contributed by atoms with Crippen molar-refractivity contribution in [3.63, 3.8) is 0 Å². The normalized spacial score (nSPS) is 13.3. The highest BCUT2D eigenvalue weighted by molar-refractivity contribution is 6.22. The van der Waals surface area contributed by atoms with Crippen LogP contribution in [0.4, 0.5) is 0 Å². The van der Waals surface area contributed by atoms with Gasteiger partial charge >= 0.3 is 5.97 Å². The second-order valence-corrected chi connectivity index (χ2v) is 7.36. The average molecular weight is 445 g/mol. The van der Waals surface area contributed by atoms with Crippen LogP contribution in [0.5, 0.6) is 0 Å². The Morgan fingerprint density at radius 3 is 2.48 bits per heavy atom. The van der Waals surface area contributed by atoms with E-state index in [2.05, 4.69) is 16.8 Å². The minimum absolute atomic E-state index is 0.0436. The first-order valence-corrected chi connectivity index (χ1v) is 10.0. The summed E-state index contributed by atoms with van der Waals surface area (Å²) < 4.78 is 4.92. The van der Waals surface area contributed by atoms with Crippen LogP contribution in [0.25, 0.3) is 10.9 Å². The molecule has 1 unspecified atom stereocenters. The number of nitrogens with zero attached hydrogens (tertiary/aromatic N) is 1. The van der Waals surface area contributed by atoms with Crippen molar-refractivity contribution in [1.29, 1.82) is 0 Å². The molecule has 3 aromatic rings. The van der Waals surface area contributed by atoms with Gasteiger partial charge in [-0.1, -0.05) is 24.0 Å². The maximum absolute atomic E-state index is 12.9. The number of aromatic amines is 1. The summed E-state index contributed by atoms with van der Waals surface area (Å²) in [7, 11) is 1.21. The molecule has 3 N–H and O–H groups in total. The molecule has 1 aliphatic heterocycles. The fraction of sp³-hybridized carbons (Fsp3) is 0.167. The summed E-state index contributed by atoms with van der Waals surface area (Å²) >= 11 is 0. The predicted octanol–water partition coefficient (Wildman–Crippen LogP) is 1.80. The van der Waals surface area contributed by atoms with Gasteiger partial charge in [0.25, 0.3) is 17.7 Å². The summed E-state index contributed by atoms with van der Waals surface area (Å²) in [6, 6.07) is 10.6. The maximum Gasteiger partial charge on any atom is 0.329 e. The van der Waals surface area contributed by atoms with E-state index in [1.165, 1.54) is 12.6 Å². The molecule has 9 nitrogen and oxygen atoms in total. The van der Waals surface area contributed by atoms with Crippen LogP contribution in [0.15, 0.2) is 48.7 Å². The van der Waals surface area contributed by atoms with Crippen molar-refractivity contribution in [3.05, 3.63) is 70.9 Å². The number of fused-ring (bicyclic) bond motifs is 2. The third-order valence-corrected chi connectivity index (χ3v) is 5.40. The zero-order valence-corrected chi connectivity index (χ0v) is 17.5. The van der Waals surface area contributed by atoms with Gasteiger partial charge in [0, 0.05) is 29.1 Å². The van der Waals surface area contributed by atoms with Crippen molar-refractivity contribution >= 4 is 34.6 Å². The number of nitrogens with one attached hydrogen (secondary N) is 2. The topological polar surface area (TPSA) is 129 Å². The number of carbonyl (C=O) groups excluding carboxylic acids is 4. The van der Waals surface area contributed by atoms with E-state index < -0.39 is 29.7 Å². The van der Waals surface area contributed by atoms with E-state index in [1.54, 1.807) is 48.7 Å². The molecule has 0 saturated heterocycles. The van der Waals surface area contributed by atoms with Gasteiger partial charge < -0.3 is 9.72 Å². The fourth-order valence-electron chi connectivity index (χ4n) is 3.81. The number of ether oxygens (including phenoxy) is 1. The number of esters is 1. The number of H-pyrrole nitrogens is 1. The Hall–Kier alpha value is -4.42. The molecular weight excluding hydrogens is 426 g/mol. The summed E-state index contributed by atoms with van der Waals surface area (Å²) in [5.74, 6) is 3.09. The number of benzene rings is 2. The summed E-state index contributed by atoms with van der Waals surface area (Å²) in [5, 5.41) is 9.30. The zero-order chi connectivity index (χ0) is 23.5. The lowest BCUT2D eigenvalue weighted by Crippen LogP contribution is -2.46. The first-order chi connectivity index (χ1) is 15.9. The summed E-state index contributed by atoms with van der Waals surface area (Å²) in [4.78, 5) is 53.7. The molecule has 2 heterocycles. The van der Waals surface area contributed by atoms with Crippen LogP contribution in [0.3, 0.4) is 0 Å². The number of amides is 3. The SMILES string of the molecule is COC(=O)C(Cc1c[nH]c2ccc(C#CCC(=O)NO)cc12)N1C(=O)c2ccccc2C1=O. The fourth-order valence-corrected chi connectivity index (χ4v) is 3.81. The van der Waals surface area contributed by atoms with Gasteiger partial charge in [0.2, 0.25) is 0 Å². The minimum Gasteiger partial charge on any atom is -0.467 e. The Balaban J connectivity index is 1.66. The molecule has 0 fully saturated rings. The van der Waals surface area contributed by atoms with Crippen LogP contribution in [0.1, 0.15) is 38.3 Å². The number of hydroxylamine groups is 1. The largest absolute Gasteiger partial charge is 0.467 e. The molecule has 9 heteroatoms. The molecule has 3 amide bonds. The van der Waals surface area contributed by atoms with Crippen molar-refractivity contribution in [2.75, 3.05) is 7.11 Å². The molecule has 2 aromatic carbocycles. The van der Waals surface area contributed by atoms with Crippen molar-refractivity contribution in [3.8, 4) is 11.8 Å². The van der Waals surface area contributed by atoms with E-state index in [4.69, 9.17) is 9.94 Å². The number of rotatable bonds is 5. The van der Waals surface area contributed by atoms with Crippen molar-refractivity contribution in [2.24, 2.45) is 0 Å². The van der Waals surface area contributed by atoms with Gasteiger partial charge in [-0.3, -0.25) is 24.5 Å². The molecule has 1 aromatic heterocycles. The Morgan fingerprint density at radius 2 is 1.85 bits per heavy atom. The van der Waals surface area contributed by atoms with Crippen LogP contribution >= 0.6 is 0 Å². The van der Waals surface area contributed by atoms with E-state index in [0.29, 0.717) is 11.1 Å². The van der Waals surface area contributed by atoms with Gasteiger partial charge in [0.15, 0.2) is 0 Å². The van der Waals surface area contributed by atoms with Crippen LogP contribution in [-0.4, -0.2) is 51.9 Å². The standard InChI is InChI=1S/C24H19N3O6/c1-33-24(31)20(27-22(29)16-6-2-3-7-17(16)23(27)30)12-15-13-25-19-10-9-14(11-18(15)19)5-4-8-21(28)26-32/h2-3,6-7,9-11,13,20,25,32H,8,12H2,1H3,(H,26,28). The van der Waals surface area contributed by atoms with E-state index in [9.17, 15) is 19.2 Å². The highest BCUT2D eigenvalue weighted by atomic mass is 16.5. The first kappa shape index (κ1) is 21.8. The number of methoxy groups -OCH3 is 1. The smallest absolute Gasteiger partial charge is 0.329 e. The monoisotopic (exact) mass is 445 g/mol. The number of carbonyl (C=O) groups is 4. The highest BCUT2D eigenvalue weighted by Gasteiger charge is 2.43. The number of aromatic nitrogens is 1. The Bertz CT molecular complexity index is 1310. The van der Waals surface area contributed by atoms with Crippen molar-refractivity contribution in [1.82, 2.24) is 15.4 Å². The number of hydrogen-bond donors (Lipinski definition) is 3. The van der Waals surface area contributed by atoms with E-state index in [-0.39, 0.29) is 24.0 Å². The minimum atomic E-state index is -1.15. The molecule has 166 valence electrons. The molecule has 0 aliphatic carbocycles.